The summed E-state index contributed by atoms with van der Waals surface area (Å²) in [7, 11) is -0.833. The maximum atomic E-state index is 8.49. The van der Waals surface area contributed by atoms with Gasteiger partial charge in [-0.15, -0.1) is 10.2 Å². The minimum Gasteiger partial charge on any atom is -0.378 e. The van der Waals surface area contributed by atoms with E-state index in [0.717, 1.165) is 6.54 Å². The number of pyridine rings is 1. The standard InChI is InChI=1S/C23H25N2.ClHO4/c1-4-25-18-17-20(22-11-7-8-12-23(22)25)10-6-5-9-19-13-15-21(16-14-19)24(2)3;2-1(3,4)5/h5-18H,4H2,1-3H3;(H,2,3,4,5)/q+1;/p-1. The zero-order valence-corrected chi connectivity index (χ0v) is 18.0. The van der Waals surface area contributed by atoms with Crippen LogP contribution in [-0.2, 0) is 6.54 Å². The summed E-state index contributed by atoms with van der Waals surface area (Å²) in [4.78, 5) is 2.11. The predicted octanol–water partition coefficient (Wildman–Crippen LogP) is 0.184. The Kier molecular flexibility index (Phi) is 8.53. The van der Waals surface area contributed by atoms with Gasteiger partial charge in [0.05, 0.1) is 5.39 Å². The van der Waals surface area contributed by atoms with Crippen molar-refractivity contribution >= 4 is 28.7 Å². The van der Waals surface area contributed by atoms with Gasteiger partial charge in [-0.25, -0.2) is 18.6 Å². The van der Waals surface area contributed by atoms with Crippen LogP contribution >= 0.6 is 0 Å². The number of anilines is 1. The Bertz CT molecular complexity index is 1000. The number of hydrogen-bond acceptors (Lipinski definition) is 5. The summed E-state index contributed by atoms with van der Waals surface area (Å²) in [6, 6.07) is 19.3. The number of para-hydroxylation sites is 1. The van der Waals surface area contributed by atoms with E-state index in [1.54, 1.807) is 0 Å². The van der Waals surface area contributed by atoms with E-state index in [9.17, 15) is 0 Å². The van der Waals surface area contributed by atoms with E-state index in [0.29, 0.717) is 0 Å². The summed E-state index contributed by atoms with van der Waals surface area (Å²) >= 11 is 0. The van der Waals surface area contributed by atoms with Crippen LogP contribution in [0.5, 0.6) is 0 Å². The first kappa shape index (κ1) is 23.5. The molecule has 0 N–H and O–H groups in total. The van der Waals surface area contributed by atoms with Crippen molar-refractivity contribution in [1.29, 1.82) is 0 Å². The molecule has 0 spiro atoms. The van der Waals surface area contributed by atoms with Crippen LogP contribution in [0.25, 0.3) is 23.1 Å². The summed E-state index contributed by atoms with van der Waals surface area (Å²) in [5, 5.41) is 1.28. The molecule has 0 saturated carbocycles. The number of nitrogens with zero attached hydrogens (tertiary/aromatic N) is 2. The lowest BCUT2D eigenvalue weighted by molar-refractivity contribution is -2.00. The number of allylic oxidation sites excluding steroid dienone is 2. The van der Waals surface area contributed by atoms with Crippen LogP contribution in [0.2, 0.25) is 0 Å². The lowest BCUT2D eigenvalue weighted by atomic mass is 10.1. The fourth-order valence-electron chi connectivity index (χ4n) is 2.94. The topological polar surface area (TPSA) is 99.4 Å². The molecule has 2 aromatic carbocycles. The molecule has 0 aliphatic carbocycles. The molecule has 0 atom stereocenters. The minimum absolute atomic E-state index is 0.980. The SMILES string of the molecule is CC[n+]1ccc(/C=C/C=C/c2ccc(N(C)C)cc2)c2ccccc21.[O-][Cl+3]([O-])([O-])[O-]. The van der Waals surface area contributed by atoms with E-state index >= 15 is 0 Å². The van der Waals surface area contributed by atoms with Crippen molar-refractivity contribution in [2.75, 3.05) is 19.0 Å². The first-order chi connectivity index (χ1) is 14.2. The number of rotatable bonds is 5. The summed E-state index contributed by atoms with van der Waals surface area (Å²) < 4.78 is 36.2. The average Bonchev–Trinajstić information content (AvgIpc) is 2.70. The predicted molar refractivity (Wildman–Crippen MR) is 109 cm³/mol. The Hall–Kier alpha value is -2.74. The van der Waals surface area contributed by atoms with Gasteiger partial charge >= 0.3 is 0 Å². The van der Waals surface area contributed by atoms with Gasteiger partial charge in [-0.2, -0.15) is 4.57 Å². The van der Waals surface area contributed by atoms with Crippen LogP contribution in [0.1, 0.15) is 18.1 Å². The van der Waals surface area contributed by atoms with Crippen LogP contribution < -0.4 is 28.1 Å². The van der Waals surface area contributed by atoms with Crippen LogP contribution in [0.15, 0.2) is 72.9 Å². The van der Waals surface area contributed by atoms with Gasteiger partial charge in [0.25, 0.3) is 0 Å². The molecule has 3 aromatic rings. The molecule has 6 nitrogen and oxygen atoms in total. The van der Waals surface area contributed by atoms with Crippen molar-refractivity contribution in [1.82, 2.24) is 0 Å². The highest BCUT2D eigenvalue weighted by Gasteiger charge is 2.08. The minimum atomic E-state index is -4.94. The summed E-state index contributed by atoms with van der Waals surface area (Å²) in [5.41, 5.74) is 4.94. The second kappa shape index (κ2) is 10.9. The maximum Gasteiger partial charge on any atom is 0.213 e. The van der Waals surface area contributed by atoms with Crippen molar-refractivity contribution in [3.8, 4) is 0 Å². The fraction of sp³-hybridized carbons (Fsp3) is 0.174. The van der Waals surface area contributed by atoms with Crippen molar-refractivity contribution in [2.24, 2.45) is 0 Å². The molecule has 0 unspecified atom stereocenters. The fourth-order valence-corrected chi connectivity index (χ4v) is 2.94. The maximum absolute atomic E-state index is 8.49. The second-order valence-corrected chi connectivity index (χ2v) is 7.41. The molecule has 0 saturated heterocycles. The molecule has 3 rings (SSSR count). The number of halogens is 1. The highest BCUT2D eigenvalue weighted by Crippen LogP contribution is 2.17. The van der Waals surface area contributed by atoms with E-state index < -0.39 is 10.2 Å². The molecule has 1 heterocycles. The Morgan fingerprint density at radius 1 is 0.867 bits per heavy atom. The summed E-state index contributed by atoms with van der Waals surface area (Å²) in [5.74, 6) is 0. The van der Waals surface area contributed by atoms with Gasteiger partial charge in [-0.05, 0) is 36.2 Å². The third-order valence-electron chi connectivity index (χ3n) is 4.38. The molecule has 30 heavy (non-hydrogen) atoms. The first-order valence-electron chi connectivity index (χ1n) is 9.34. The van der Waals surface area contributed by atoms with Gasteiger partial charge in [0.15, 0.2) is 6.20 Å². The molecule has 7 heteroatoms. The highest BCUT2D eigenvalue weighted by atomic mass is 35.7. The molecule has 158 valence electrons. The lowest BCUT2D eigenvalue weighted by Crippen LogP contribution is -2.68. The smallest absolute Gasteiger partial charge is 0.213 e. The molecule has 0 fully saturated rings. The Labute approximate surface area is 179 Å². The average molecular weight is 429 g/mol. The Morgan fingerprint density at radius 2 is 1.47 bits per heavy atom. The summed E-state index contributed by atoms with van der Waals surface area (Å²) in [6.07, 6.45) is 10.7. The number of benzene rings is 2. The van der Waals surface area contributed by atoms with E-state index in [2.05, 4.69) is 116 Å². The number of aromatic nitrogens is 1. The number of aryl methyl sites for hydroxylation is 1. The molecule has 0 aliphatic heterocycles. The lowest BCUT2D eigenvalue weighted by Gasteiger charge is -2.17. The Balaban J connectivity index is 0.000000575. The number of hydrogen-bond donors (Lipinski definition) is 0. The van der Waals surface area contributed by atoms with Gasteiger partial charge in [-0.3, -0.25) is 0 Å². The van der Waals surface area contributed by atoms with Gasteiger partial charge in [-0.1, -0.05) is 48.6 Å². The van der Waals surface area contributed by atoms with E-state index in [1.807, 2.05) is 0 Å². The third kappa shape index (κ3) is 7.59. The Morgan fingerprint density at radius 3 is 2.07 bits per heavy atom. The van der Waals surface area contributed by atoms with Crippen molar-refractivity contribution in [3.63, 3.8) is 0 Å². The van der Waals surface area contributed by atoms with Gasteiger partial charge in [0.1, 0.15) is 6.54 Å². The normalized spacial score (nSPS) is 11.7. The molecule has 0 radical (unpaired) electrons. The summed E-state index contributed by atoms with van der Waals surface area (Å²) in [6.45, 7) is 3.15. The monoisotopic (exact) mass is 428 g/mol. The van der Waals surface area contributed by atoms with Crippen molar-refractivity contribution in [2.45, 2.75) is 13.5 Å². The molecule has 0 amide bonds. The molecule has 1 aromatic heterocycles. The van der Waals surface area contributed by atoms with Gasteiger partial charge < -0.3 is 4.90 Å². The van der Waals surface area contributed by atoms with Crippen LogP contribution in [-0.4, -0.2) is 14.1 Å². The van der Waals surface area contributed by atoms with E-state index in [1.165, 1.54) is 27.7 Å². The van der Waals surface area contributed by atoms with Gasteiger partial charge in [0.2, 0.25) is 5.52 Å². The molecule has 0 bridgehead atoms. The van der Waals surface area contributed by atoms with Crippen LogP contribution in [0.4, 0.5) is 5.69 Å². The molecule has 0 aliphatic rings. The van der Waals surface area contributed by atoms with Crippen LogP contribution in [0.3, 0.4) is 0 Å². The zero-order valence-electron chi connectivity index (χ0n) is 17.2. The second-order valence-electron chi connectivity index (χ2n) is 6.66. The number of fused-ring (bicyclic) bond motifs is 1. The van der Waals surface area contributed by atoms with Crippen molar-refractivity contribution in [3.05, 3.63) is 84.1 Å². The molecular weight excluding hydrogens is 404 g/mol. The highest BCUT2D eigenvalue weighted by molar-refractivity contribution is 5.85. The third-order valence-corrected chi connectivity index (χ3v) is 4.38. The van der Waals surface area contributed by atoms with Crippen molar-refractivity contribution < 1.29 is 33.4 Å². The first-order valence-corrected chi connectivity index (χ1v) is 10.6. The largest absolute Gasteiger partial charge is 0.378 e. The van der Waals surface area contributed by atoms with Gasteiger partial charge in [0, 0.05) is 31.9 Å². The van der Waals surface area contributed by atoms with E-state index in [-0.39, 0.29) is 0 Å². The van der Waals surface area contributed by atoms with Crippen LogP contribution in [0, 0.1) is 10.2 Å². The quantitative estimate of drug-likeness (QED) is 0.426. The van der Waals surface area contributed by atoms with E-state index in [4.69, 9.17) is 18.6 Å². The zero-order chi connectivity index (χ0) is 22.1. The molecular formula is C23H25ClN2O4.